The highest BCUT2D eigenvalue weighted by Gasteiger charge is 2.22. The first-order chi connectivity index (χ1) is 9.45. The quantitative estimate of drug-likeness (QED) is 0.882. The number of aromatic hydroxyl groups is 1. The van der Waals surface area contributed by atoms with E-state index in [4.69, 9.17) is 27.9 Å². The second-order valence-corrected chi connectivity index (χ2v) is 4.87. The number of halogens is 2. The third kappa shape index (κ3) is 2.59. The lowest BCUT2D eigenvalue weighted by molar-refractivity contribution is 0.0518. The van der Waals surface area contributed by atoms with Crippen LogP contribution >= 0.6 is 23.2 Å². The van der Waals surface area contributed by atoms with Crippen molar-refractivity contribution in [3.63, 3.8) is 0 Å². The molecular formula is C13H12Cl2N2O3. The van der Waals surface area contributed by atoms with E-state index in [1.165, 1.54) is 10.7 Å². The van der Waals surface area contributed by atoms with Crippen LogP contribution in [0.25, 0.3) is 5.69 Å². The second kappa shape index (κ2) is 5.73. The van der Waals surface area contributed by atoms with Gasteiger partial charge in [0.15, 0.2) is 5.69 Å². The SMILES string of the molecule is CCOC(=O)c1nn(-c2ccc(Cl)cc2Cl)c(O)c1C. The molecule has 0 saturated carbocycles. The standard InChI is InChI=1S/C13H12Cl2N2O3/c1-3-20-13(19)11-7(2)12(18)17(16-11)10-5-4-8(14)6-9(10)15/h4-6,18H,3H2,1-2H3. The Morgan fingerprint density at radius 1 is 1.45 bits per heavy atom. The van der Waals surface area contributed by atoms with Crippen molar-refractivity contribution < 1.29 is 14.6 Å². The number of hydrogen-bond acceptors (Lipinski definition) is 4. The number of esters is 1. The molecule has 106 valence electrons. The molecule has 0 saturated heterocycles. The molecule has 1 N–H and O–H groups in total. The molecule has 0 aliphatic rings. The van der Waals surface area contributed by atoms with Gasteiger partial charge in [-0.3, -0.25) is 0 Å². The van der Waals surface area contributed by atoms with Crippen molar-refractivity contribution >= 4 is 29.2 Å². The first kappa shape index (κ1) is 14.7. The third-order valence-corrected chi connectivity index (χ3v) is 3.24. The van der Waals surface area contributed by atoms with Gasteiger partial charge in [0, 0.05) is 10.6 Å². The number of carbonyl (C=O) groups is 1. The summed E-state index contributed by atoms with van der Waals surface area (Å²) in [6.45, 7) is 3.50. The van der Waals surface area contributed by atoms with Gasteiger partial charge in [-0.15, -0.1) is 0 Å². The van der Waals surface area contributed by atoms with Crippen molar-refractivity contribution in [3.05, 3.63) is 39.5 Å². The largest absolute Gasteiger partial charge is 0.493 e. The van der Waals surface area contributed by atoms with E-state index in [2.05, 4.69) is 5.10 Å². The summed E-state index contributed by atoms with van der Waals surface area (Å²) >= 11 is 11.9. The van der Waals surface area contributed by atoms with Crippen molar-refractivity contribution in [3.8, 4) is 11.6 Å². The van der Waals surface area contributed by atoms with Crippen LogP contribution in [-0.4, -0.2) is 27.5 Å². The van der Waals surface area contributed by atoms with Crippen LogP contribution in [-0.2, 0) is 4.74 Å². The lowest BCUT2D eigenvalue weighted by atomic mass is 10.2. The summed E-state index contributed by atoms with van der Waals surface area (Å²) in [6.07, 6.45) is 0. The number of rotatable bonds is 3. The molecule has 1 heterocycles. The number of hydrogen-bond donors (Lipinski definition) is 1. The predicted octanol–water partition coefficient (Wildman–Crippen LogP) is 3.37. The molecule has 0 amide bonds. The van der Waals surface area contributed by atoms with Crippen LogP contribution in [0.3, 0.4) is 0 Å². The van der Waals surface area contributed by atoms with E-state index in [0.29, 0.717) is 21.3 Å². The first-order valence-electron chi connectivity index (χ1n) is 5.86. The van der Waals surface area contributed by atoms with E-state index < -0.39 is 5.97 Å². The van der Waals surface area contributed by atoms with Crippen LogP contribution in [0.4, 0.5) is 0 Å². The Kier molecular flexibility index (Phi) is 4.20. The fraction of sp³-hybridized carbons (Fsp3) is 0.231. The highest BCUT2D eigenvalue weighted by Crippen LogP contribution is 2.30. The van der Waals surface area contributed by atoms with Gasteiger partial charge in [-0.1, -0.05) is 23.2 Å². The van der Waals surface area contributed by atoms with Crippen LogP contribution in [0.15, 0.2) is 18.2 Å². The van der Waals surface area contributed by atoms with Gasteiger partial charge in [-0.25, -0.2) is 4.79 Å². The van der Waals surface area contributed by atoms with Crippen molar-refractivity contribution in [2.75, 3.05) is 6.61 Å². The summed E-state index contributed by atoms with van der Waals surface area (Å²) in [5.41, 5.74) is 0.803. The molecule has 0 unspecified atom stereocenters. The first-order valence-corrected chi connectivity index (χ1v) is 6.62. The minimum absolute atomic E-state index is 0.0513. The Balaban J connectivity index is 2.53. The molecule has 0 aliphatic heterocycles. The van der Waals surface area contributed by atoms with E-state index in [0.717, 1.165) is 0 Å². The lowest BCUT2D eigenvalue weighted by Crippen LogP contribution is -2.07. The normalized spacial score (nSPS) is 10.6. The molecule has 0 spiro atoms. The number of aromatic nitrogens is 2. The van der Waals surface area contributed by atoms with E-state index in [1.807, 2.05) is 0 Å². The Bertz CT molecular complexity index is 668. The zero-order valence-corrected chi connectivity index (χ0v) is 12.4. The van der Waals surface area contributed by atoms with Gasteiger partial charge in [0.25, 0.3) is 0 Å². The summed E-state index contributed by atoms with van der Waals surface area (Å²) in [4.78, 5) is 11.7. The molecule has 0 radical (unpaired) electrons. The van der Waals surface area contributed by atoms with E-state index >= 15 is 0 Å². The van der Waals surface area contributed by atoms with Gasteiger partial charge in [0.05, 0.1) is 17.3 Å². The molecule has 1 aromatic carbocycles. The lowest BCUT2D eigenvalue weighted by Gasteiger charge is -2.05. The van der Waals surface area contributed by atoms with Gasteiger partial charge >= 0.3 is 5.97 Å². The van der Waals surface area contributed by atoms with Gasteiger partial charge in [-0.05, 0) is 32.0 Å². The third-order valence-electron chi connectivity index (χ3n) is 2.70. The van der Waals surface area contributed by atoms with Gasteiger partial charge in [0.1, 0.15) is 0 Å². The fourth-order valence-corrected chi connectivity index (χ4v) is 2.19. The van der Waals surface area contributed by atoms with Crippen LogP contribution in [0, 0.1) is 6.92 Å². The van der Waals surface area contributed by atoms with Gasteiger partial charge < -0.3 is 9.84 Å². The Morgan fingerprint density at radius 3 is 2.75 bits per heavy atom. The summed E-state index contributed by atoms with van der Waals surface area (Å²) in [5, 5.41) is 14.9. The molecular weight excluding hydrogens is 303 g/mol. The number of nitrogens with zero attached hydrogens (tertiary/aromatic N) is 2. The molecule has 0 bridgehead atoms. The van der Waals surface area contributed by atoms with E-state index in [-0.39, 0.29) is 18.2 Å². The van der Waals surface area contributed by atoms with E-state index in [1.54, 1.807) is 26.0 Å². The van der Waals surface area contributed by atoms with E-state index in [9.17, 15) is 9.90 Å². The Labute approximate surface area is 125 Å². The van der Waals surface area contributed by atoms with Crippen LogP contribution in [0.1, 0.15) is 23.0 Å². The number of carbonyl (C=O) groups excluding carboxylic acids is 1. The monoisotopic (exact) mass is 314 g/mol. The minimum atomic E-state index is -0.593. The molecule has 20 heavy (non-hydrogen) atoms. The summed E-state index contributed by atoms with van der Waals surface area (Å²) < 4.78 is 6.06. The maximum atomic E-state index is 11.7. The second-order valence-electron chi connectivity index (χ2n) is 4.03. The smallest absolute Gasteiger partial charge is 0.359 e. The van der Waals surface area contributed by atoms with Crippen molar-refractivity contribution in [2.45, 2.75) is 13.8 Å². The molecule has 5 nitrogen and oxygen atoms in total. The molecule has 7 heteroatoms. The summed E-state index contributed by atoms with van der Waals surface area (Å²) in [5.74, 6) is -0.763. The highest BCUT2D eigenvalue weighted by atomic mass is 35.5. The van der Waals surface area contributed by atoms with Crippen LogP contribution in [0.2, 0.25) is 10.0 Å². The molecule has 1 aromatic heterocycles. The summed E-state index contributed by atoms with van der Waals surface area (Å²) in [6, 6.07) is 4.74. The zero-order valence-electron chi connectivity index (χ0n) is 10.9. The van der Waals surface area contributed by atoms with Crippen molar-refractivity contribution in [1.82, 2.24) is 9.78 Å². The van der Waals surface area contributed by atoms with Gasteiger partial charge in [0.2, 0.25) is 5.88 Å². The van der Waals surface area contributed by atoms with Crippen molar-refractivity contribution in [2.24, 2.45) is 0 Å². The minimum Gasteiger partial charge on any atom is -0.493 e. The molecule has 0 fully saturated rings. The van der Waals surface area contributed by atoms with Crippen LogP contribution < -0.4 is 0 Å². The van der Waals surface area contributed by atoms with Gasteiger partial charge in [-0.2, -0.15) is 9.78 Å². The highest BCUT2D eigenvalue weighted by molar-refractivity contribution is 6.35. The average Bonchev–Trinajstić information content (AvgIpc) is 2.67. The molecule has 2 aromatic rings. The Morgan fingerprint density at radius 2 is 2.15 bits per heavy atom. The topological polar surface area (TPSA) is 64.3 Å². The van der Waals surface area contributed by atoms with Crippen LogP contribution in [0.5, 0.6) is 5.88 Å². The summed E-state index contributed by atoms with van der Waals surface area (Å²) in [7, 11) is 0. The average molecular weight is 315 g/mol. The number of ether oxygens (including phenoxy) is 1. The molecule has 0 aliphatic carbocycles. The maximum absolute atomic E-state index is 11.7. The molecule has 2 rings (SSSR count). The molecule has 0 atom stereocenters. The fourth-order valence-electron chi connectivity index (χ4n) is 1.70. The predicted molar refractivity (Wildman–Crippen MR) is 75.9 cm³/mol. The number of benzene rings is 1. The Hall–Kier alpha value is -1.72. The van der Waals surface area contributed by atoms with Crippen molar-refractivity contribution in [1.29, 1.82) is 0 Å². The zero-order chi connectivity index (χ0) is 14.9. The maximum Gasteiger partial charge on any atom is 0.359 e.